The molecule has 4 heterocycles. The Hall–Kier alpha value is -4.25. The summed E-state index contributed by atoms with van der Waals surface area (Å²) in [5, 5.41) is 21.2. The van der Waals surface area contributed by atoms with E-state index in [2.05, 4.69) is 4.90 Å². The molecular weight excluding hydrogens is 520 g/mol. The maximum Gasteiger partial charge on any atom is 0.306 e. The van der Waals surface area contributed by atoms with Gasteiger partial charge in [0.1, 0.15) is 5.76 Å². The van der Waals surface area contributed by atoms with E-state index in [4.69, 9.17) is 18.6 Å². The number of aromatic nitrogens is 1. The van der Waals surface area contributed by atoms with Crippen molar-refractivity contribution in [3.63, 3.8) is 0 Å². The van der Waals surface area contributed by atoms with Crippen LogP contribution in [0.25, 0.3) is 0 Å². The van der Waals surface area contributed by atoms with Crippen LogP contribution in [0.5, 0.6) is 23.0 Å². The summed E-state index contributed by atoms with van der Waals surface area (Å²) in [7, 11) is 3.98. The van der Waals surface area contributed by atoms with Gasteiger partial charge in [0.05, 0.1) is 40.2 Å². The van der Waals surface area contributed by atoms with Crippen molar-refractivity contribution in [3.8, 4) is 23.0 Å². The number of benzene rings is 1. The van der Waals surface area contributed by atoms with Crippen LogP contribution in [0.2, 0.25) is 0 Å². The summed E-state index contributed by atoms with van der Waals surface area (Å²) in [6.45, 7) is 2.34. The predicted molar refractivity (Wildman–Crippen MR) is 143 cm³/mol. The molecular formula is C29H32N2O9. The van der Waals surface area contributed by atoms with Gasteiger partial charge in [-0.1, -0.05) is 6.07 Å². The average molecular weight is 553 g/mol. The summed E-state index contributed by atoms with van der Waals surface area (Å²) in [6.07, 6.45) is 0.726. The highest BCUT2D eigenvalue weighted by atomic mass is 16.5. The van der Waals surface area contributed by atoms with E-state index < -0.39 is 23.1 Å². The van der Waals surface area contributed by atoms with Gasteiger partial charge in [0.15, 0.2) is 17.3 Å². The molecule has 11 nitrogen and oxygen atoms in total. The first-order valence-electron chi connectivity index (χ1n) is 13.0. The molecule has 0 spiro atoms. The molecule has 3 unspecified atom stereocenters. The van der Waals surface area contributed by atoms with Crippen LogP contribution in [0.1, 0.15) is 47.5 Å². The number of aromatic hydroxyl groups is 2. The molecule has 3 atom stereocenters. The summed E-state index contributed by atoms with van der Waals surface area (Å²) in [5.41, 5.74) is 0.781. The minimum atomic E-state index is -0.942. The molecule has 0 radical (unpaired) electrons. The normalized spacial score (nSPS) is 19.0. The van der Waals surface area contributed by atoms with E-state index in [1.165, 1.54) is 39.5 Å². The zero-order chi connectivity index (χ0) is 28.6. The number of piperidine rings is 1. The van der Waals surface area contributed by atoms with Gasteiger partial charge < -0.3 is 33.4 Å². The number of hydrogen-bond acceptors (Lipinski definition) is 10. The van der Waals surface area contributed by atoms with Gasteiger partial charge in [0.25, 0.3) is 5.56 Å². The molecule has 2 aliphatic heterocycles. The number of phenolic OH excluding ortho intramolecular Hbond substituents is 1. The number of fused-ring (bicyclic) bond motifs is 4. The van der Waals surface area contributed by atoms with E-state index in [9.17, 15) is 24.6 Å². The van der Waals surface area contributed by atoms with Crippen LogP contribution < -0.4 is 20.5 Å². The van der Waals surface area contributed by atoms with Crippen LogP contribution in [0.4, 0.5) is 0 Å². The fraction of sp³-hybridized carbons (Fsp3) is 0.414. The monoisotopic (exact) mass is 552 g/mol. The van der Waals surface area contributed by atoms with Gasteiger partial charge in [-0.3, -0.25) is 19.3 Å². The first-order valence-corrected chi connectivity index (χ1v) is 13.0. The van der Waals surface area contributed by atoms with Crippen molar-refractivity contribution in [3.05, 3.63) is 79.8 Å². The van der Waals surface area contributed by atoms with Crippen molar-refractivity contribution >= 4 is 5.97 Å². The van der Waals surface area contributed by atoms with E-state index >= 15 is 0 Å². The van der Waals surface area contributed by atoms with Gasteiger partial charge in [0, 0.05) is 43.4 Å². The Balaban J connectivity index is 1.50. The van der Waals surface area contributed by atoms with Gasteiger partial charge in [-0.25, -0.2) is 0 Å². The number of ether oxygens (including phenoxy) is 3. The number of rotatable bonds is 8. The smallest absolute Gasteiger partial charge is 0.306 e. The average Bonchev–Trinajstić information content (AvgIpc) is 2.94. The molecule has 1 aromatic carbocycles. The van der Waals surface area contributed by atoms with Crippen molar-refractivity contribution in [1.82, 2.24) is 9.47 Å². The van der Waals surface area contributed by atoms with Crippen molar-refractivity contribution in [1.29, 1.82) is 0 Å². The molecule has 2 aromatic heterocycles. The molecule has 2 aliphatic rings. The van der Waals surface area contributed by atoms with Crippen molar-refractivity contribution in [2.45, 2.75) is 37.8 Å². The third-order valence-electron chi connectivity index (χ3n) is 7.75. The Morgan fingerprint density at radius 3 is 2.42 bits per heavy atom. The highest BCUT2D eigenvalue weighted by Crippen LogP contribution is 2.43. The molecule has 0 saturated carbocycles. The fourth-order valence-electron chi connectivity index (χ4n) is 5.94. The summed E-state index contributed by atoms with van der Waals surface area (Å²) in [6, 6.07) is 9.59. The lowest BCUT2D eigenvalue weighted by molar-refractivity contribution is -0.140. The molecule has 0 aliphatic carbocycles. The number of phenols is 1. The molecule has 11 heteroatoms. The van der Waals surface area contributed by atoms with Crippen LogP contribution in [0, 0.1) is 5.92 Å². The van der Waals surface area contributed by atoms with Gasteiger partial charge >= 0.3 is 5.97 Å². The number of likely N-dealkylation sites (tertiary alicyclic amines) is 1. The standard InChI is InChI=1S/C29H32N2O9/c1-37-23-8-17(9-24(38-2)28(23)36)20(11-26(34)39-3)29-27(35)22(32)10-19(40-29)15-30-12-16-7-18(14-30)21-5-4-6-25(33)31(21)13-16/h4-6,8-10,16,18,20,35-36H,7,11-15H2,1-3H3. The lowest BCUT2D eigenvalue weighted by Gasteiger charge is -2.42. The molecule has 2 N–H and O–H groups in total. The van der Waals surface area contributed by atoms with Crippen LogP contribution in [-0.2, 0) is 22.6 Å². The summed E-state index contributed by atoms with van der Waals surface area (Å²) in [4.78, 5) is 39.9. The molecule has 1 fully saturated rings. The Bertz CT molecular complexity index is 1520. The number of carbonyl (C=O) groups is 1. The number of carbonyl (C=O) groups excluding carboxylic acids is 1. The second-order valence-electron chi connectivity index (χ2n) is 10.3. The Labute approximate surface area is 230 Å². The Morgan fingerprint density at radius 2 is 1.75 bits per heavy atom. The summed E-state index contributed by atoms with van der Waals surface area (Å²) < 4.78 is 23.4. The molecule has 40 heavy (non-hydrogen) atoms. The van der Waals surface area contributed by atoms with Crippen molar-refractivity contribution < 1.29 is 33.6 Å². The summed E-state index contributed by atoms with van der Waals surface area (Å²) in [5.74, 6) is -1.54. The minimum Gasteiger partial charge on any atom is -0.502 e. The number of esters is 1. The SMILES string of the molecule is COC(=O)CC(c1cc(OC)c(O)c(OC)c1)c1oc(CN2CC3CC(C2)c2cccc(=O)n2C3)cc(=O)c1O. The highest BCUT2D eigenvalue weighted by molar-refractivity contribution is 5.71. The number of nitrogens with zero attached hydrogens (tertiary/aromatic N) is 2. The lowest BCUT2D eigenvalue weighted by Crippen LogP contribution is -2.46. The predicted octanol–water partition coefficient (Wildman–Crippen LogP) is 2.54. The number of pyridine rings is 1. The number of methoxy groups -OCH3 is 3. The molecule has 1 saturated heterocycles. The van der Waals surface area contributed by atoms with E-state index in [1.807, 2.05) is 10.6 Å². The third-order valence-corrected chi connectivity index (χ3v) is 7.75. The quantitative estimate of drug-likeness (QED) is 0.401. The molecule has 212 valence electrons. The topological polar surface area (TPSA) is 141 Å². The van der Waals surface area contributed by atoms with Crippen LogP contribution >= 0.6 is 0 Å². The van der Waals surface area contributed by atoms with Crippen LogP contribution in [0.3, 0.4) is 0 Å². The largest absolute Gasteiger partial charge is 0.502 e. The Morgan fingerprint density at radius 1 is 1.02 bits per heavy atom. The molecule has 3 aromatic rings. The van der Waals surface area contributed by atoms with E-state index in [1.54, 1.807) is 12.1 Å². The van der Waals surface area contributed by atoms with Gasteiger partial charge in [0.2, 0.25) is 16.9 Å². The zero-order valence-electron chi connectivity index (χ0n) is 22.6. The molecule has 5 rings (SSSR count). The minimum absolute atomic E-state index is 0.00830. The Kier molecular flexibility index (Phi) is 7.57. The maximum atomic E-state index is 12.9. The van der Waals surface area contributed by atoms with Crippen LogP contribution in [-0.4, -0.2) is 60.1 Å². The first-order chi connectivity index (χ1) is 19.2. The second kappa shape index (κ2) is 11.1. The van der Waals surface area contributed by atoms with Crippen molar-refractivity contribution in [2.24, 2.45) is 5.92 Å². The maximum absolute atomic E-state index is 12.9. The van der Waals surface area contributed by atoms with Gasteiger partial charge in [-0.05, 0) is 36.1 Å². The zero-order valence-corrected chi connectivity index (χ0v) is 22.6. The fourth-order valence-corrected chi connectivity index (χ4v) is 5.94. The second-order valence-corrected chi connectivity index (χ2v) is 10.3. The van der Waals surface area contributed by atoms with Gasteiger partial charge in [-0.15, -0.1) is 0 Å². The van der Waals surface area contributed by atoms with E-state index in [0.717, 1.165) is 18.7 Å². The molecule has 0 amide bonds. The van der Waals surface area contributed by atoms with E-state index in [-0.39, 0.29) is 46.8 Å². The summed E-state index contributed by atoms with van der Waals surface area (Å²) >= 11 is 0. The third kappa shape index (κ3) is 5.16. The number of hydrogen-bond donors (Lipinski definition) is 2. The first kappa shape index (κ1) is 27.3. The van der Waals surface area contributed by atoms with Gasteiger partial charge in [-0.2, -0.15) is 0 Å². The lowest BCUT2D eigenvalue weighted by atomic mass is 9.83. The van der Waals surface area contributed by atoms with E-state index in [0.29, 0.717) is 31.0 Å². The van der Waals surface area contributed by atoms with Crippen LogP contribution in [0.15, 0.2) is 50.4 Å². The molecule has 2 bridgehead atoms. The highest BCUT2D eigenvalue weighted by Gasteiger charge is 2.35. The van der Waals surface area contributed by atoms with Crippen molar-refractivity contribution in [2.75, 3.05) is 34.4 Å².